The molecule has 1 rings (SSSR count). The third-order valence-electron chi connectivity index (χ3n) is 2.22. The van der Waals surface area contributed by atoms with Gasteiger partial charge in [0.1, 0.15) is 13.1 Å². The summed E-state index contributed by atoms with van der Waals surface area (Å²) in [6, 6.07) is 9.16. The molecule has 0 aliphatic rings. The van der Waals surface area contributed by atoms with Crippen LogP contribution in [0.15, 0.2) is 22.7 Å². The second-order valence-corrected chi connectivity index (χ2v) is 4.25. The Morgan fingerprint density at radius 1 is 1.35 bits per heavy atom. The first-order chi connectivity index (χ1) is 8.10. The molecule has 1 aromatic carbocycles. The lowest BCUT2D eigenvalue weighted by atomic mass is 10.1. The molecule has 0 atom stereocenters. The summed E-state index contributed by atoms with van der Waals surface area (Å²) in [6.45, 7) is 1.76. The highest BCUT2D eigenvalue weighted by atomic mass is 79.9. The summed E-state index contributed by atoms with van der Waals surface area (Å²) in [6.07, 6.45) is 0. The van der Waals surface area contributed by atoms with Crippen molar-refractivity contribution in [3.05, 3.63) is 28.2 Å². The van der Waals surface area contributed by atoms with Gasteiger partial charge >= 0.3 is 0 Å². The van der Waals surface area contributed by atoms with Gasteiger partial charge in [0, 0.05) is 15.7 Å². The third-order valence-corrected chi connectivity index (χ3v) is 2.88. The van der Waals surface area contributed by atoms with Gasteiger partial charge in [0.2, 0.25) is 0 Å². The van der Waals surface area contributed by atoms with Gasteiger partial charge in [0.25, 0.3) is 0 Å². The molecule has 0 saturated heterocycles. The number of nitrogens with zero attached hydrogens (tertiary/aromatic N) is 3. The van der Waals surface area contributed by atoms with Crippen LogP contribution >= 0.6 is 15.9 Å². The molecule has 0 aromatic heterocycles. The number of hydrogen-bond acceptors (Lipinski definition) is 4. The van der Waals surface area contributed by atoms with Crippen molar-refractivity contribution in [2.45, 2.75) is 6.92 Å². The number of carbonyl (C=O) groups is 1. The fraction of sp³-hybridized carbons (Fsp3) is 0.250. The molecule has 86 valence electrons. The van der Waals surface area contributed by atoms with Crippen LogP contribution in [0.5, 0.6) is 0 Å². The van der Waals surface area contributed by atoms with Crippen LogP contribution in [0.4, 0.5) is 5.69 Å². The fourth-order valence-electron chi connectivity index (χ4n) is 1.40. The van der Waals surface area contributed by atoms with Crippen LogP contribution in [0.25, 0.3) is 0 Å². The van der Waals surface area contributed by atoms with E-state index in [2.05, 4.69) is 15.9 Å². The molecule has 1 aromatic rings. The second kappa shape index (κ2) is 6.03. The SMILES string of the molecule is CC(=O)c1ccc(N(CC#N)CC#N)cc1Br. The van der Waals surface area contributed by atoms with Crippen molar-refractivity contribution in [2.24, 2.45) is 0 Å². The van der Waals surface area contributed by atoms with Gasteiger partial charge in [-0.05, 0) is 41.1 Å². The highest BCUT2D eigenvalue weighted by Gasteiger charge is 2.10. The van der Waals surface area contributed by atoms with Crippen LogP contribution in [0.2, 0.25) is 0 Å². The highest BCUT2D eigenvalue weighted by molar-refractivity contribution is 9.10. The Labute approximate surface area is 108 Å². The van der Waals surface area contributed by atoms with E-state index in [1.165, 1.54) is 6.92 Å². The molecule has 0 bridgehead atoms. The van der Waals surface area contributed by atoms with E-state index in [0.717, 1.165) is 5.69 Å². The zero-order valence-electron chi connectivity index (χ0n) is 9.27. The Hall–Kier alpha value is -1.85. The quantitative estimate of drug-likeness (QED) is 0.631. The van der Waals surface area contributed by atoms with E-state index in [1.807, 2.05) is 12.1 Å². The maximum atomic E-state index is 11.3. The predicted molar refractivity (Wildman–Crippen MR) is 67.6 cm³/mol. The molecule has 0 fully saturated rings. The molecule has 5 heteroatoms. The fourth-order valence-corrected chi connectivity index (χ4v) is 2.04. The molecular formula is C12H10BrN3O. The summed E-state index contributed by atoms with van der Waals surface area (Å²) < 4.78 is 0.670. The Kier molecular flexibility index (Phi) is 4.68. The molecule has 0 spiro atoms. The van der Waals surface area contributed by atoms with E-state index in [9.17, 15) is 4.79 Å². The summed E-state index contributed by atoms with van der Waals surface area (Å²) >= 11 is 3.30. The van der Waals surface area contributed by atoms with Gasteiger partial charge in [-0.1, -0.05) is 0 Å². The summed E-state index contributed by atoms with van der Waals surface area (Å²) in [5, 5.41) is 17.3. The minimum absolute atomic E-state index is 0.0319. The molecule has 0 N–H and O–H groups in total. The zero-order chi connectivity index (χ0) is 12.8. The first-order valence-electron chi connectivity index (χ1n) is 4.89. The minimum atomic E-state index is -0.0319. The Morgan fingerprint density at radius 3 is 2.35 bits per heavy atom. The smallest absolute Gasteiger partial charge is 0.160 e. The summed E-state index contributed by atoms with van der Waals surface area (Å²) in [4.78, 5) is 12.9. The van der Waals surface area contributed by atoms with Crippen molar-refractivity contribution in [3.8, 4) is 12.1 Å². The molecular weight excluding hydrogens is 282 g/mol. The van der Waals surface area contributed by atoms with Crippen molar-refractivity contribution < 1.29 is 4.79 Å². The van der Waals surface area contributed by atoms with Crippen LogP contribution in [0.1, 0.15) is 17.3 Å². The molecule has 0 unspecified atom stereocenters. The van der Waals surface area contributed by atoms with Crippen LogP contribution < -0.4 is 4.90 Å². The maximum absolute atomic E-state index is 11.3. The molecule has 4 nitrogen and oxygen atoms in total. The van der Waals surface area contributed by atoms with Crippen LogP contribution in [-0.2, 0) is 0 Å². The molecule has 17 heavy (non-hydrogen) atoms. The van der Waals surface area contributed by atoms with E-state index in [4.69, 9.17) is 10.5 Å². The lowest BCUT2D eigenvalue weighted by Crippen LogP contribution is -2.23. The van der Waals surface area contributed by atoms with E-state index in [-0.39, 0.29) is 18.9 Å². The largest absolute Gasteiger partial charge is 0.345 e. The first-order valence-corrected chi connectivity index (χ1v) is 5.68. The monoisotopic (exact) mass is 291 g/mol. The van der Waals surface area contributed by atoms with Gasteiger partial charge in [-0.25, -0.2) is 0 Å². The Balaban J connectivity index is 3.07. The lowest BCUT2D eigenvalue weighted by molar-refractivity contribution is 0.101. The Morgan fingerprint density at radius 2 is 1.94 bits per heavy atom. The summed E-state index contributed by atoms with van der Waals surface area (Å²) in [5.41, 5.74) is 1.33. The first kappa shape index (κ1) is 13.2. The zero-order valence-corrected chi connectivity index (χ0v) is 10.9. The van der Waals surface area contributed by atoms with Crippen molar-refractivity contribution >= 4 is 27.4 Å². The average molecular weight is 292 g/mol. The molecule has 0 aliphatic carbocycles. The number of rotatable bonds is 4. The van der Waals surface area contributed by atoms with Crippen molar-refractivity contribution in [1.29, 1.82) is 10.5 Å². The van der Waals surface area contributed by atoms with Gasteiger partial charge in [-0.15, -0.1) is 0 Å². The minimum Gasteiger partial charge on any atom is -0.345 e. The number of benzene rings is 1. The number of hydrogen-bond donors (Lipinski definition) is 0. The standard InChI is InChI=1S/C12H10BrN3O/c1-9(17)11-3-2-10(8-12(11)13)16(6-4-14)7-5-15/h2-3,8H,6-7H2,1H3. The van der Waals surface area contributed by atoms with Crippen LogP contribution in [0, 0.1) is 22.7 Å². The predicted octanol–water partition coefficient (Wildman–Crippen LogP) is 2.51. The molecule has 0 radical (unpaired) electrons. The average Bonchev–Trinajstić information content (AvgIpc) is 2.28. The van der Waals surface area contributed by atoms with Crippen LogP contribution in [0.3, 0.4) is 0 Å². The van der Waals surface area contributed by atoms with Crippen LogP contribution in [-0.4, -0.2) is 18.9 Å². The number of halogens is 1. The van der Waals surface area contributed by atoms with Crippen molar-refractivity contribution in [3.63, 3.8) is 0 Å². The molecule has 0 saturated carbocycles. The van der Waals surface area contributed by atoms with E-state index in [1.54, 1.807) is 23.1 Å². The van der Waals surface area contributed by atoms with E-state index >= 15 is 0 Å². The van der Waals surface area contributed by atoms with Crippen molar-refractivity contribution in [1.82, 2.24) is 0 Å². The van der Waals surface area contributed by atoms with Gasteiger partial charge < -0.3 is 4.90 Å². The normalized spacial score (nSPS) is 9.18. The molecule has 0 amide bonds. The number of anilines is 1. The summed E-state index contributed by atoms with van der Waals surface area (Å²) in [7, 11) is 0. The maximum Gasteiger partial charge on any atom is 0.160 e. The second-order valence-electron chi connectivity index (χ2n) is 3.39. The number of carbonyl (C=O) groups excluding carboxylic acids is 1. The lowest BCUT2D eigenvalue weighted by Gasteiger charge is -2.18. The van der Waals surface area contributed by atoms with Gasteiger partial charge in [0.05, 0.1) is 12.1 Å². The van der Waals surface area contributed by atoms with Gasteiger partial charge in [-0.2, -0.15) is 10.5 Å². The van der Waals surface area contributed by atoms with E-state index < -0.39 is 0 Å². The Bertz CT molecular complexity index is 497. The highest BCUT2D eigenvalue weighted by Crippen LogP contribution is 2.24. The molecule has 0 aliphatic heterocycles. The number of ketones is 1. The third kappa shape index (κ3) is 3.30. The number of nitriles is 2. The number of Topliss-reactive ketones (excluding diaryl/α,β-unsaturated/α-hetero) is 1. The summed E-state index contributed by atoms with van der Waals surface area (Å²) in [5.74, 6) is -0.0319. The van der Waals surface area contributed by atoms with E-state index in [0.29, 0.717) is 10.0 Å². The van der Waals surface area contributed by atoms with Crippen molar-refractivity contribution in [2.75, 3.05) is 18.0 Å². The molecule has 0 heterocycles. The van der Waals surface area contributed by atoms with Gasteiger partial charge in [0.15, 0.2) is 5.78 Å². The van der Waals surface area contributed by atoms with Gasteiger partial charge in [-0.3, -0.25) is 4.79 Å². The topological polar surface area (TPSA) is 67.9 Å².